The van der Waals surface area contributed by atoms with Crippen LogP contribution in [0, 0.1) is 11.8 Å². The molecule has 6 heteroatoms. The minimum absolute atomic E-state index is 0.0252. The molecular weight excluding hydrogens is 424 g/mol. The molecule has 4 aliphatic rings. The van der Waals surface area contributed by atoms with Crippen molar-refractivity contribution in [2.45, 2.75) is 64.5 Å². The number of fused-ring (bicyclic) bond motifs is 1. The van der Waals surface area contributed by atoms with Gasteiger partial charge in [0, 0.05) is 68.5 Å². The number of hydrogen-bond donors (Lipinski definition) is 0. The quantitative estimate of drug-likeness (QED) is 0.601. The molecule has 1 aromatic rings. The molecule has 2 atom stereocenters. The average molecular weight is 467 g/mol. The number of amides is 1. The smallest absolute Gasteiger partial charge is 0.236 e. The standard InChI is InChI=1S/C28H42N4O2/c1-21(2)28(34)22-9-11-24(12-10-22)30-16-14-29(15-17-30)20-27(33)31-18-23-6-5-13-32(26(23)19-31)25-7-3-4-8-25/h9-12,21,23,25-26H,3-8,13-20H2,1-2H3. The second-order valence-corrected chi connectivity index (χ2v) is 11.3. The Hall–Kier alpha value is -1.92. The summed E-state index contributed by atoms with van der Waals surface area (Å²) in [5.74, 6) is 1.23. The number of carbonyl (C=O) groups is 2. The third-order valence-corrected chi connectivity index (χ3v) is 8.74. The number of rotatable bonds is 6. The van der Waals surface area contributed by atoms with Crippen molar-refractivity contribution in [1.82, 2.24) is 14.7 Å². The molecule has 0 spiro atoms. The normalized spacial score (nSPS) is 26.9. The van der Waals surface area contributed by atoms with E-state index >= 15 is 0 Å². The second kappa shape index (κ2) is 10.4. The topological polar surface area (TPSA) is 47.1 Å². The number of piperazine rings is 1. The van der Waals surface area contributed by atoms with E-state index in [-0.39, 0.29) is 11.7 Å². The molecule has 0 aromatic heterocycles. The van der Waals surface area contributed by atoms with Crippen LogP contribution in [-0.2, 0) is 4.79 Å². The molecule has 186 valence electrons. The average Bonchev–Trinajstić information content (AvgIpc) is 3.54. The van der Waals surface area contributed by atoms with Gasteiger partial charge in [0.1, 0.15) is 0 Å². The van der Waals surface area contributed by atoms with Crippen molar-refractivity contribution >= 4 is 17.4 Å². The van der Waals surface area contributed by atoms with Crippen molar-refractivity contribution in [3.63, 3.8) is 0 Å². The molecule has 2 unspecified atom stereocenters. The van der Waals surface area contributed by atoms with Gasteiger partial charge in [-0.1, -0.05) is 26.7 Å². The first-order chi connectivity index (χ1) is 16.5. The summed E-state index contributed by atoms with van der Waals surface area (Å²) in [5.41, 5.74) is 1.96. The maximum absolute atomic E-state index is 13.2. The highest BCUT2D eigenvalue weighted by Crippen LogP contribution is 2.36. The van der Waals surface area contributed by atoms with Gasteiger partial charge in [0.15, 0.2) is 5.78 Å². The van der Waals surface area contributed by atoms with Crippen LogP contribution in [0.4, 0.5) is 5.69 Å². The highest BCUT2D eigenvalue weighted by Gasteiger charge is 2.43. The van der Waals surface area contributed by atoms with E-state index < -0.39 is 0 Å². The zero-order valence-corrected chi connectivity index (χ0v) is 21.1. The van der Waals surface area contributed by atoms with Crippen molar-refractivity contribution in [2.24, 2.45) is 11.8 Å². The van der Waals surface area contributed by atoms with E-state index in [9.17, 15) is 9.59 Å². The van der Waals surface area contributed by atoms with E-state index in [1.165, 1.54) is 50.8 Å². The lowest BCUT2D eigenvalue weighted by Gasteiger charge is -2.40. The summed E-state index contributed by atoms with van der Waals surface area (Å²) >= 11 is 0. The molecule has 1 aliphatic carbocycles. The molecule has 3 heterocycles. The monoisotopic (exact) mass is 466 g/mol. The fourth-order valence-electron chi connectivity index (χ4n) is 6.73. The van der Waals surface area contributed by atoms with Crippen molar-refractivity contribution < 1.29 is 9.59 Å². The molecule has 5 rings (SSSR count). The number of ketones is 1. The number of carbonyl (C=O) groups excluding carboxylic acids is 2. The molecule has 1 aromatic carbocycles. The van der Waals surface area contributed by atoms with Gasteiger partial charge in [0.25, 0.3) is 0 Å². The summed E-state index contributed by atoms with van der Waals surface area (Å²) < 4.78 is 0. The molecule has 34 heavy (non-hydrogen) atoms. The van der Waals surface area contributed by atoms with Crippen molar-refractivity contribution in [2.75, 3.05) is 57.3 Å². The maximum Gasteiger partial charge on any atom is 0.236 e. The minimum atomic E-state index is 0.0252. The van der Waals surface area contributed by atoms with Gasteiger partial charge in [0.2, 0.25) is 5.91 Å². The van der Waals surface area contributed by atoms with Crippen molar-refractivity contribution in [1.29, 1.82) is 0 Å². The van der Waals surface area contributed by atoms with Gasteiger partial charge in [-0.15, -0.1) is 0 Å². The largest absolute Gasteiger partial charge is 0.369 e. The van der Waals surface area contributed by atoms with Gasteiger partial charge in [0.05, 0.1) is 6.54 Å². The van der Waals surface area contributed by atoms with E-state index in [0.717, 1.165) is 50.9 Å². The Kier molecular flexibility index (Phi) is 7.26. The zero-order valence-electron chi connectivity index (χ0n) is 21.1. The molecule has 0 N–H and O–H groups in total. The van der Waals surface area contributed by atoms with Crippen LogP contribution in [0.5, 0.6) is 0 Å². The number of Topliss-reactive ketones (excluding diaryl/α,β-unsaturated/α-hetero) is 1. The molecule has 0 radical (unpaired) electrons. The number of hydrogen-bond acceptors (Lipinski definition) is 5. The first-order valence-corrected chi connectivity index (χ1v) is 13.6. The zero-order chi connectivity index (χ0) is 23.7. The Morgan fingerprint density at radius 1 is 0.882 bits per heavy atom. The Morgan fingerprint density at radius 2 is 1.59 bits per heavy atom. The van der Waals surface area contributed by atoms with Crippen LogP contribution >= 0.6 is 0 Å². The van der Waals surface area contributed by atoms with Crippen LogP contribution in [0.25, 0.3) is 0 Å². The van der Waals surface area contributed by atoms with Crippen LogP contribution in [0.1, 0.15) is 62.7 Å². The highest BCUT2D eigenvalue weighted by molar-refractivity contribution is 5.97. The molecule has 3 aliphatic heterocycles. The predicted octanol–water partition coefficient (Wildman–Crippen LogP) is 3.51. The summed E-state index contributed by atoms with van der Waals surface area (Å²) in [6, 6.07) is 9.42. The van der Waals surface area contributed by atoms with Crippen molar-refractivity contribution in [3.8, 4) is 0 Å². The van der Waals surface area contributed by atoms with Gasteiger partial charge < -0.3 is 9.80 Å². The molecule has 3 saturated heterocycles. The number of anilines is 1. The lowest BCUT2D eigenvalue weighted by molar-refractivity contribution is -0.131. The summed E-state index contributed by atoms with van der Waals surface area (Å²) in [6.45, 7) is 11.3. The van der Waals surface area contributed by atoms with Crippen LogP contribution in [0.15, 0.2) is 24.3 Å². The van der Waals surface area contributed by atoms with E-state index in [4.69, 9.17) is 0 Å². The van der Waals surface area contributed by atoms with E-state index in [0.29, 0.717) is 24.4 Å². The Bertz CT molecular complexity index is 856. The van der Waals surface area contributed by atoms with Gasteiger partial charge in [-0.05, 0) is 62.4 Å². The van der Waals surface area contributed by atoms with E-state index in [2.05, 4.69) is 31.7 Å². The number of nitrogens with zero attached hydrogens (tertiary/aromatic N) is 4. The molecular formula is C28H42N4O2. The van der Waals surface area contributed by atoms with Crippen LogP contribution in [-0.4, -0.2) is 90.8 Å². The highest BCUT2D eigenvalue weighted by atomic mass is 16.2. The first kappa shape index (κ1) is 23.8. The molecule has 4 fully saturated rings. The molecule has 6 nitrogen and oxygen atoms in total. The predicted molar refractivity (Wildman–Crippen MR) is 136 cm³/mol. The summed E-state index contributed by atoms with van der Waals surface area (Å²) in [6.07, 6.45) is 8.07. The third-order valence-electron chi connectivity index (χ3n) is 8.74. The lowest BCUT2D eigenvalue weighted by atomic mass is 9.90. The molecule has 1 saturated carbocycles. The van der Waals surface area contributed by atoms with E-state index in [1.807, 2.05) is 26.0 Å². The van der Waals surface area contributed by atoms with E-state index in [1.54, 1.807) is 0 Å². The summed E-state index contributed by atoms with van der Waals surface area (Å²) in [4.78, 5) is 35.1. The van der Waals surface area contributed by atoms with Crippen LogP contribution in [0.2, 0.25) is 0 Å². The van der Waals surface area contributed by atoms with Gasteiger partial charge in [-0.2, -0.15) is 0 Å². The third kappa shape index (κ3) is 5.03. The fourth-order valence-corrected chi connectivity index (χ4v) is 6.73. The Balaban J connectivity index is 1.11. The van der Waals surface area contributed by atoms with Crippen LogP contribution in [0.3, 0.4) is 0 Å². The summed E-state index contributed by atoms with van der Waals surface area (Å²) in [5, 5.41) is 0. The number of piperidine rings is 1. The minimum Gasteiger partial charge on any atom is -0.369 e. The van der Waals surface area contributed by atoms with Crippen molar-refractivity contribution in [3.05, 3.63) is 29.8 Å². The lowest BCUT2D eigenvalue weighted by Crippen LogP contribution is -2.51. The van der Waals surface area contributed by atoms with Crippen LogP contribution < -0.4 is 4.90 Å². The maximum atomic E-state index is 13.2. The molecule has 1 amide bonds. The van der Waals surface area contributed by atoms with Gasteiger partial charge in [-0.3, -0.25) is 19.4 Å². The Labute approximate surface area is 205 Å². The van der Waals surface area contributed by atoms with Gasteiger partial charge >= 0.3 is 0 Å². The summed E-state index contributed by atoms with van der Waals surface area (Å²) in [7, 11) is 0. The molecule has 0 bridgehead atoms. The second-order valence-electron chi connectivity index (χ2n) is 11.3. The Morgan fingerprint density at radius 3 is 2.26 bits per heavy atom. The number of likely N-dealkylation sites (tertiary alicyclic amines) is 2. The fraction of sp³-hybridized carbons (Fsp3) is 0.714. The van der Waals surface area contributed by atoms with Gasteiger partial charge in [-0.25, -0.2) is 0 Å². The first-order valence-electron chi connectivity index (χ1n) is 13.6. The SMILES string of the molecule is CC(C)C(=O)c1ccc(N2CCN(CC(=O)N3CC4CCCN(C5CCCC5)C4C3)CC2)cc1. The number of benzene rings is 1.